The van der Waals surface area contributed by atoms with Gasteiger partial charge in [-0.05, 0) is 42.0 Å². The Bertz CT molecular complexity index is 927. The highest BCUT2D eigenvalue weighted by Crippen LogP contribution is 2.33. The van der Waals surface area contributed by atoms with Gasteiger partial charge in [0.2, 0.25) is 22.7 Å². The highest BCUT2D eigenvalue weighted by Gasteiger charge is 2.22. The second-order valence-electron chi connectivity index (χ2n) is 6.00. The molecule has 8 nitrogen and oxygen atoms in total. The van der Waals surface area contributed by atoms with Crippen LogP contribution < -0.4 is 19.5 Å². The lowest BCUT2D eigenvalue weighted by Gasteiger charge is -2.20. The largest absolute Gasteiger partial charge is 0.497 e. The summed E-state index contributed by atoms with van der Waals surface area (Å²) in [7, 11) is -2.05. The number of carbonyl (C=O) groups is 1. The fourth-order valence-electron chi connectivity index (χ4n) is 2.57. The molecule has 0 spiro atoms. The third kappa shape index (κ3) is 4.89. The van der Waals surface area contributed by atoms with Crippen LogP contribution in [0.1, 0.15) is 5.56 Å². The molecule has 1 amide bonds. The number of hydrogen-bond acceptors (Lipinski definition) is 6. The minimum Gasteiger partial charge on any atom is -0.497 e. The van der Waals surface area contributed by atoms with E-state index in [0.717, 1.165) is 10.6 Å². The summed E-state index contributed by atoms with van der Waals surface area (Å²) >= 11 is 0. The number of amides is 1. The third-order valence-corrected chi connectivity index (χ3v) is 5.15. The van der Waals surface area contributed by atoms with E-state index in [4.69, 9.17) is 14.2 Å². The Hall–Kier alpha value is -2.78. The second kappa shape index (κ2) is 7.85. The van der Waals surface area contributed by atoms with E-state index < -0.39 is 15.9 Å². The van der Waals surface area contributed by atoms with Gasteiger partial charge in [0.15, 0.2) is 11.5 Å². The zero-order valence-electron chi connectivity index (χ0n) is 15.0. The van der Waals surface area contributed by atoms with E-state index in [2.05, 4.69) is 5.32 Å². The molecule has 0 radical (unpaired) electrons. The van der Waals surface area contributed by atoms with Gasteiger partial charge >= 0.3 is 0 Å². The first kappa shape index (κ1) is 19.0. The Morgan fingerprint density at radius 3 is 2.52 bits per heavy atom. The molecule has 144 valence electrons. The SMILES string of the molecule is COc1ccc(NC(=O)CN(Cc2ccc3c(c2)OCO3)S(C)(=O)=O)cc1. The van der Waals surface area contributed by atoms with Gasteiger partial charge in [-0.1, -0.05) is 6.07 Å². The summed E-state index contributed by atoms with van der Waals surface area (Å²) in [5, 5.41) is 2.68. The van der Waals surface area contributed by atoms with Crippen LogP contribution in [0.4, 0.5) is 5.69 Å². The number of hydrogen-bond donors (Lipinski definition) is 1. The predicted molar refractivity (Wildman–Crippen MR) is 99.4 cm³/mol. The van der Waals surface area contributed by atoms with Crippen LogP contribution >= 0.6 is 0 Å². The normalized spacial score (nSPS) is 12.9. The maximum atomic E-state index is 12.3. The number of benzene rings is 2. The fourth-order valence-corrected chi connectivity index (χ4v) is 3.30. The Morgan fingerprint density at radius 1 is 1.15 bits per heavy atom. The molecule has 0 aliphatic carbocycles. The molecule has 27 heavy (non-hydrogen) atoms. The van der Waals surface area contributed by atoms with Crippen LogP contribution in [-0.2, 0) is 21.4 Å². The summed E-state index contributed by atoms with van der Waals surface area (Å²) in [6.07, 6.45) is 1.07. The van der Waals surface area contributed by atoms with Crippen LogP contribution in [0.15, 0.2) is 42.5 Å². The molecule has 2 aromatic rings. The van der Waals surface area contributed by atoms with E-state index in [-0.39, 0.29) is 19.9 Å². The molecule has 0 aromatic heterocycles. The molecule has 1 aliphatic heterocycles. The molecule has 0 atom stereocenters. The second-order valence-corrected chi connectivity index (χ2v) is 7.98. The molecular weight excluding hydrogens is 372 g/mol. The van der Waals surface area contributed by atoms with Gasteiger partial charge in [-0.3, -0.25) is 4.79 Å². The first-order valence-corrected chi connectivity index (χ1v) is 9.97. The minimum atomic E-state index is -3.59. The van der Waals surface area contributed by atoms with Crippen molar-refractivity contribution in [2.75, 3.05) is 32.0 Å². The van der Waals surface area contributed by atoms with E-state index in [0.29, 0.717) is 28.5 Å². The number of rotatable bonds is 7. The molecule has 0 saturated heterocycles. The molecule has 0 bridgehead atoms. The molecule has 3 rings (SSSR count). The van der Waals surface area contributed by atoms with Gasteiger partial charge in [0.05, 0.1) is 19.9 Å². The smallest absolute Gasteiger partial charge is 0.239 e. The monoisotopic (exact) mass is 392 g/mol. The average molecular weight is 392 g/mol. The van der Waals surface area contributed by atoms with E-state index in [9.17, 15) is 13.2 Å². The summed E-state index contributed by atoms with van der Waals surface area (Å²) in [4.78, 5) is 12.3. The van der Waals surface area contributed by atoms with Gasteiger partial charge in [-0.15, -0.1) is 0 Å². The lowest BCUT2D eigenvalue weighted by molar-refractivity contribution is -0.116. The van der Waals surface area contributed by atoms with Gasteiger partial charge in [0.1, 0.15) is 5.75 Å². The number of anilines is 1. The van der Waals surface area contributed by atoms with Crippen LogP contribution in [0, 0.1) is 0 Å². The van der Waals surface area contributed by atoms with Crippen molar-refractivity contribution in [3.8, 4) is 17.2 Å². The fraction of sp³-hybridized carbons (Fsp3) is 0.278. The van der Waals surface area contributed by atoms with Crippen molar-refractivity contribution >= 4 is 21.6 Å². The molecule has 2 aromatic carbocycles. The summed E-state index contributed by atoms with van der Waals surface area (Å²) in [6, 6.07) is 11.9. The molecular formula is C18H20N2O6S. The Balaban J connectivity index is 1.68. The van der Waals surface area contributed by atoms with Gasteiger partial charge in [-0.2, -0.15) is 4.31 Å². The summed E-state index contributed by atoms with van der Waals surface area (Å²) in [5.41, 5.74) is 1.25. The van der Waals surface area contributed by atoms with Gasteiger partial charge in [0.25, 0.3) is 0 Å². The van der Waals surface area contributed by atoms with E-state index >= 15 is 0 Å². The first-order chi connectivity index (χ1) is 12.8. The van der Waals surface area contributed by atoms with E-state index in [1.165, 1.54) is 0 Å². The Kier molecular flexibility index (Phi) is 5.52. The third-order valence-electron chi connectivity index (χ3n) is 3.96. The average Bonchev–Trinajstić information content (AvgIpc) is 3.09. The standard InChI is InChI=1S/C18H20N2O6S/c1-24-15-6-4-14(5-7-15)19-18(21)11-20(27(2,22)23)10-13-3-8-16-17(9-13)26-12-25-16/h3-9H,10-12H2,1-2H3,(H,19,21). The molecule has 1 aliphatic rings. The topological polar surface area (TPSA) is 94.2 Å². The summed E-state index contributed by atoms with van der Waals surface area (Å²) < 4.78 is 40.9. The van der Waals surface area contributed by atoms with Crippen LogP contribution in [0.5, 0.6) is 17.2 Å². The quantitative estimate of drug-likeness (QED) is 0.773. The number of fused-ring (bicyclic) bond motifs is 1. The lowest BCUT2D eigenvalue weighted by atomic mass is 10.2. The van der Waals surface area contributed by atoms with Crippen molar-refractivity contribution in [1.29, 1.82) is 0 Å². The van der Waals surface area contributed by atoms with Crippen LogP contribution in [-0.4, -0.2) is 45.3 Å². The summed E-state index contributed by atoms with van der Waals surface area (Å²) in [6.45, 7) is -0.121. The molecule has 0 fully saturated rings. The molecule has 1 N–H and O–H groups in total. The highest BCUT2D eigenvalue weighted by molar-refractivity contribution is 7.88. The van der Waals surface area contributed by atoms with Gasteiger partial charge in [-0.25, -0.2) is 8.42 Å². The van der Waals surface area contributed by atoms with E-state index in [1.807, 2.05) is 0 Å². The summed E-state index contributed by atoms with van der Waals surface area (Å²) in [5.74, 6) is 1.39. The number of nitrogens with one attached hydrogen (secondary N) is 1. The molecule has 1 heterocycles. The minimum absolute atomic E-state index is 0.0471. The molecule has 9 heteroatoms. The lowest BCUT2D eigenvalue weighted by Crippen LogP contribution is -2.36. The maximum absolute atomic E-state index is 12.3. The number of carbonyl (C=O) groups excluding carboxylic acids is 1. The first-order valence-electron chi connectivity index (χ1n) is 8.13. The number of nitrogens with zero attached hydrogens (tertiary/aromatic N) is 1. The Labute approximate surface area is 157 Å². The molecule has 0 saturated carbocycles. The van der Waals surface area contributed by atoms with Crippen LogP contribution in [0.25, 0.3) is 0 Å². The van der Waals surface area contributed by atoms with Gasteiger partial charge in [0, 0.05) is 12.2 Å². The van der Waals surface area contributed by atoms with Crippen molar-refractivity contribution in [3.63, 3.8) is 0 Å². The van der Waals surface area contributed by atoms with Crippen molar-refractivity contribution < 1.29 is 27.4 Å². The highest BCUT2D eigenvalue weighted by atomic mass is 32.2. The maximum Gasteiger partial charge on any atom is 0.239 e. The zero-order valence-corrected chi connectivity index (χ0v) is 15.8. The van der Waals surface area contributed by atoms with E-state index in [1.54, 1.807) is 49.6 Å². The van der Waals surface area contributed by atoms with Crippen molar-refractivity contribution in [2.24, 2.45) is 0 Å². The predicted octanol–water partition coefficient (Wildman–Crippen LogP) is 1.82. The zero-order chi connectivity index (χ0) is 19.4. The van der Waals surface area contributed by atoms with Crippen LogP contribution in [0.2, 0.25) is 0 Å². The van der Waals surface area contributed by atoms with Gasteiger partial charge < -0.3 is 19.5 Å². The number of ether oxygens (including phenoxy) is 3. The Morgan fingerprint density at radius 2 is 1.85 bits per heavy atom. The van der Waals surface area contributed by atoms with Crippen molar-refractivity contribution in [2.45, 2.75) is 6.54 Å². The number of sulfonamides is 1. The number of methoxy groups -OCH3 is 1. The van der Waals surface area contributed by atoms with Crippen molar-refractivity contribution in [1.82, 2.24) is 4.31 Å². The van der Waals surface area contributed by atoms with Crippen LogP contribution in [0.3, 0.4) is 0 Å². The molecule has 0 unspecified atom stereocenters. The van der Waals surface area contributed by atoms with Crippen molar-refractivity contribution in [3.05, 3.63) is 48.0 Å².